The minimum atomic E-state index is -4.28. The minimum Gasteiger partial charge on any atom is -0.450 e. The minimum absolute atomic E-state index is 0.0700. The van der Waals surface area contributed by atoms with E-state index in [-0.39, 0.29) is 25.4 Å². The Kier molecular flexibility index (Phi) is 8.42. The van der Waals surface area contributed by atoms with Crippen LogP contribution >= 0.6 is 0 Å². The first-order chi connectivity index (χ1) is 17.7. The fourth-order valence-corrected chi connectivity index (χ4v) is 5.27. The Hall–Kier alpha value is -3.07. The average Bonchev–Trinajstić information content (AvgIpc) is 3.12. The van der Waals surface area contributed by atoms with E-state index in [9.17, 15) is 22.8 Å². The van der Waals surface area contributed by atoms with Gasteiger partial charge in [0.2, 0.25) is 0 Å². The van der Waals surface area contributed by atoms with Crippen LogP contribution in [0.1, 0.15) is 38.2 Å². The Morgan fingerprint density at radius 3 is 2.59 bits per heavy atom. The molecule has 37 heavy (non-hydrogen) atoms. The molecule has 1 saturated heterocycles. The van der Waals surface area contributed by atoms with Gasteiger partial charge < -0.3 is 20.3 Å². The number of nitrogens with zero attached hydrogens (tertiary/aromatic N) is 1. The number of ether oxygens (including phenoxy) is 1. The van der Waals surface area contributed by atoms with E-state index >= 15 is 0 Å². The Bertz CT molecular complexity index is 1070. The number of piperidine rings is 1. The van der Waals surface area contributed by atoms with Crippen molar-refractivity contribution in [1.82, 2.24) is 15.5 Å². The van der Waals surface area contributed by atoms with Gasteiger partial charge in [0.1, 0.15) is 5.60 Å². The summed E-state index contributed by atoms with van der Waals surface area (Å²) in [6.45, 7) is 4.48. The number of likely N-dealkylation sites (tertiary alicyclic amines) is 1. The molecule has 0 bridgehead atoms. The van der Waals surface area contributed by atoms with Gasteiger partial charge >= 0.3 is 12.1 Å². The van der Waals surface area contributed by atoms with Gasteiger partial charge in [-0.2, -0.15) is 13.2 Å². The van der Waals surface area contributed by atoms with Crippen LogP contribution in [0.25, 0.3) is 0 Å². The molecule has 0 aromatic heterocycles. The van der Waals surface area contributed by atoms with E-state index < -0.39 is 23.7 Å². The van der Waals surface area contributed by atoms with Crippen LogP contribution in [-0.2, 0) is 20.7 Å². The lowest BCUT2D eigenvalue weighted by Gasteiger charge is -2.39. The van der Waals surface area contributed by atoms with Crippen LogP contribution in [0.15, 0.2) is 65.4 Å². The summed E-state index contributed by atoms with van der Waals surface area (Å²) in [4.78, 5) is 27.9. The van der Waals surface area contributed by atoms with Gasteiger partial charge in [0.15, 0.2) is 0 Å². The number of aryl methyl sites for hydroxylation is 1. The van der Waals surface area contributed by atoms with Gasteiger partial charge in [-0.1, -0.05) is 36.4 Å². The molecule has 6 nitrogen and oxygen atoms in total. The number of esters is 1. The van der Waals surface area contributed by atoms with Gasteiger partial charge in [-0.15, -0.1) is 0 Å². The fraction of sp³-hybridized carbons (Fsp3) is 0.500. The summed E-state index contributed by atoms with van der Waals surface area (Å²) in [5, 5.41) is 5.75. The van der Waals surface area contributed by atoms with Crippen molar-refractivity contribution in [1.29, 1.82) is 0 Å². The van der Waals surface area contributed by atoms with Gasteiger partial charge in [0.05, 0.1) is 11.5 Å². The normalized spacial score (nSPS) is 21.7. The number of allylic oxidation sites excluding steroid dienone is 3. The predicted octanol–water partition coefficient (Wildman–Crippen LogP) is 4.06. The molecule has 0 radical (unpaired) electrons. The number of carbonyl (C=O) groups excluding carboxylic acids is 2. The molecule has 2 N–H and O–H groups in total. The number of alkyl halides is 3. The zero-order chi connectivity index (χ0) is 26.5. The molecule has 1 aromatic rings. The van der Waals surface area contributed by atoms with E-state index in [0.29, 0.717) is 29.7 Å². The van der Waals surface area contributed by atoms with Crippen LogP contribution in [-0.4, -0.2) is 61.3 Å². The summed E-state index contributed by atoms with van der Waals surface area (Å²) in [5.74, 6) is -2.33. The van der Waals surface area contributed by atoms with Crippen molar-refractivity contribution in [3.8, 4) is 0 Å². The molecule has 1 spiro atoms. The number of halogens is 3. The Labute approximate surface area is 215 Å². The molecule has 1 fully saturated rings. The van der Waals surface area contributed by atoms with E-state index in [2.05, 4.69) is 27.7 Å². The summed E-state index contributed by atoms with van der Waals surface area (Å²) < 4.78 is 44.7. The third kappa shape index (κ3) is 6.63. The second kappa shape index (κ2) is 11.5. The van der Waals surface area contributed by atoms with Gasteiger partial charge in [-0.05, 0) is 50.4 Å². The van der Waals surface area contributed by atoms with Gasteiger partial charge in [0, 0.05) is 50.3 Å². The highest BCUT2D eigenvalue weighted by molar-refractivity contribution is 6.07. The Morgan fingerprint density at radius 2 is 1.89 bits per heavy atom. The van der Waals surface area contributed by atoms with Crippen LogP contribution in [0, 0.1) is 5.92 Å². The van der Waals surface area contributed by atoms with Crippen molar-refractivity contribution in [3.05, 3.63) is 71.0 Å². The van der Waals surface area contributed by atoms with Gasteiger partial charge in [0.25, 0.3) is 5.91 Å². The van der Waals surface area contributed by atoms with Crippen molar-refractivity contribution in [2.45, 2.75) is 50.8 Å². The summed E-state index contributed by atoms with van der Waals surface area (Å²) >= 11 is 0. The van der Waals surface area contributed by atoms with Gasteiger partial charge in [-0.25, -0.2) is 4.79 Å². The zero-order valence-electron chi connectivity index (χ0n) is 21.1. The van der Waals surface area contributed by atoms with E-state index in [4.69, 9.17) is 4.74 Å². The lowest BCUT2D eigenvalue weighted by molar-refractivity contribution is -0.160. The quantitative estimate of drug-likeness (QED) is 0.382. The molecular weight excluding hydrogens is 483 g/mol. The zero-order valence-corrected chi connectivity index (χ0v) is 21.1. The van der Waals surface area contributed by atoms with Crippen molar-refractivity contribution >= 4 is 11.9 Å². The summed E-state index contributed by atoms with van der Waals surface area (Å²) in [6.07, 6.45) is 3.06. The maximum absolute atomic E-state index is 13.1. The third-order valence-electron chi connectivity index (χ3n) is 7.33. The highest BCUT2D eigenvalue weighted by atomic mass is 19.4. The molecule has 1 atom stereocenters. The molecule has 200 valence electrons. The largest absolute Gasteiger partial charge is 0.450 e. The molecule has 1 aliphatic carbocycles. The molecular formula is C28H34F3N3O3. The molecule has 1 unspecified atom stereocenters. The Morgan fingerprint density at radius 1 is 1.16 bits per heavy atom. The van der Waals surface area contributed by atoms with Crippen LogP contribution in [0.4, 0.5) is 13.2 Å². The topological polar surface area (TPSA) is 70.7 Å². The number of benzene rings is 1. The van der Waals surface area contributed by atoms with Crippen molar-refractivity contribution in [3.63, 3.8) is 0 Å². The van der Waals surface area contributed by atoms with Crippen LogP contribution in [0.5, 0.6) is 0 Å². The van der Waals surface area contributed by atoms with Crippen LogP contribution in [0.2, 0.25) is 0 Å². The summed E-state index contributed by atoms with van der Waals surface area (Å²) in [6, 6.07) is 10.3. The fourth-order valence-electron chi connectivity index (χ4n) is 5.27. The first-order valence-electron chi connectivity index (χ1n) is 12.9. The maximum atomic E-state index is 13.1. The number of amides is 1. The standard InChI is InChI=1S/C28H34F3N3O3/c1-20-24(25(35)33-15-14-32-23-11-5-10-22(19-23)28(29,30)31)27(37-26(20)36)12-17-34(18-13-27)16-6-9-21-7-3-2-4-8-21/h2-5,7-8,11,19,22,32H,6,9-10,12-18H2,1H3,(H,33,35). The van der Waals surface area contributed by atoms with Crippen molar-refractivity contribution < 1.29 is 27.5 Å². The highest BCUT2D eigenvalue weighted by Crippen LogP contribution is 2.41. The molecule has 4 rings (SSSR count). The number of hydrogen-bond donors (Lipinski definition) is 2. The molecule has 0 saturated carbocycles. The lowest BCUT2D eigenvalue weighted by Crippen LogP contribution is -2.49. The number of rotatable bonds is 9. The molecule has 9 heteroatoms. The number of carbonyl (C=O) groups is 2. The monoisotopic (exact) mass is 517 g/mol. The summed E-state index contributed by atoms with van der Waals surface area (Å²) in [7, 11) is 0. The molecule has 1 aromatic carbocycles. The maximum Gasteiger partial charge on any atom is 0.395 e. The molecule has 1 amide bonds. The number of hydrogen-bond acceptors (Lipinski definition) is 5. The second-order valence-electron chi connectivity index (χ2n) is 9.91. The molecule has 3 aliphatic rings. The summed E-state index contributed by atoms with van der Waals surface area (Å²) in [5.41, 5.74) is 1.49. The first kappa shape index (κ1) is 27.0. The third-order valence-corrected chi connectivity index (χ3v) is 7.33. The van der Waals surface area contributed by atoms with E-state index in [1.165, 1.54) is 17.7 Å². The molecule has 2 heterocycles. The van der Waals surface area contributed by atoms with Crippen LogP contribution < -0.4 is 10.6 Å². The SMILES string of the molecule is CC1=C(C(=O)NCCNC2=CC(C(F)(F)F)CC=C2)C2(CCN(CCCc3ccccc3)CC2)OC1=O. The van der Waals surface area contributed by atoms with E-state index in [1.54, 1.807) is 13.0 Å². The average molecular weight is 518 g/mol. The Balaban J connectivity index is 1.26. The van der Waals surface area contributed by atoms with E-state index in [0.717, 1.165) is 32.5 Å². The second-order valence-corrected chi connectivity index (χ2v) is 9.91. The van der Waals surface area contributed by atoms with Crippen molar-refractivity contribution in [2.24, 2.45) is 5.92 Å². The van der Waals surface area contributed by atoms with E-state index in [1.807, 2.05) is 18.2 Å². The van der Waals surface area contributed by atoms with Crippen molar-refractivity contribution in [2.75, 3.05) is 32.7 Å². The predicted molar refractivity (Wildman–Crippen MR) is 134 cm³/mol. The molecule has 2 aliphatic heterocycles. The smallest absolute Gasteiger partial charge is 0.395 e. The van der Waals surface area contributed by atoms with Crippen LogP contribution in [0.3, 0.4) is 0 Å². The highest BCUT2D eigenvalue weighted by Gasteiger charge is 2.50. The first-order valence-corrected chi connectivity index (χ1v) is 12.9. The van der Waals surface area contributed by atoms with Gasteiger partial charge in [-0.3, -0.25) is 4.79 Å². The lowest BCUT2D eigenvalue weighted by atomic mass is 9.82. The number of nitrogens with one attached hydrogen (secondary N) is 2.